The largest absolute Gasteiger partial charge is 0.394 e. The number of tetrazole rings is 1. The number of rotatable bonds is 47. The third kappa shape index (κ3) is 30.7. The summed E-state index contributed by atoms with van der Waals surface area (Å²) >= 11 is 0. The first-order valence-electron chi connectivity index (χ1n) is 28.2. The molecule has 81 heavy (non-hydrogen) atoms. The van der Waals surface area contributed by atoms with Gasteiger partial charge < -0.3 is 72.8 Å². The molecular formula is C52H87N17O12. The van der Waals surface area contributed by atoms with Crippen molar-refractivity contribution in [3.63, 3.8) is 0 Å². The number of imidazole rings is 2. The zero-order valence-corrected chi connectivity index (χ0v) is 47.0. The minimum Gasteiger partial charge on any atom is -0.394 e. The Kier molecular flexibility index (Phi) is 34.9. The lowest BCUT2D eigenvalue weighted by molar-refractivity contribution is -0.135. The Hall–Kier alpha value is -7.40. The molecule has 29 nitrogen and oxygen atoms in total. The number of nitrogens with one attached hydrogen (secondary N) is 11. The number of ether oxygens (including phenoxy) is 2. The number of amides is 9. The van der Waals surface area contributed by atoms with Gasteiger partial charge in [0.05, 0.1) is 57.0 Å². The number of H-pyrrole nitrogens is 3. The fourth-order valence-corrected chi connectivity index (χ4v) is 8.35. The maximum atomic E-state index is 14.1. The van der Waals surface area contributed by atoms with E-state index in [-0.39, 0.29) is 45.0 Å². The maximum Gasteiger partial charge on any atom is 0.246 e. The first kappa shape index (κ1) is 67.9. The van der Waals surface area contributed by atoms with Crippen LogP contribution >= 0.6 is 0 Å². The highest BCUT2D eigenvalue weighted by atomic mass is 16.5. The van der Waals surface area contributed by atoms with Crippen LogP contribution in [0.25, 0.3) is 0 Å². The Labute approximate surface area is 472 Å². The summed E-state index contributed by atoms with van der Waals surface area (Å²) in [6.45, 7) is 0.718. The molecule has 0 aliphatic rings. The number of hydrogen-bond acceptors (Lipinski definition) is 17. The molecule has 3 aromatic heterocycles. The molecule has 3 aromatic rings. The van der Waals surface area contributed by atoms with Crippen molar-refractivity contribution in [1.29, 1.82) is 0 Å². The van der Waals surface area contributed by atoms with Gasteiger partial charge in [0.15, 0.2) is 0 Å². The number of aromatic nitrogens is 8. The Balaban J connectivity index is 1.35. The number of aliphatic hydroxyl groups is 1. The molecule has 5 atom stereocenters. The van der Waals surface area contributed by atoms with Gasteiger partial charge in [-0.3, -0.25) is 43.2 Å². The number of nitrogens with zero attached hydrogens (tertiary/aromatic N) is 5. The number of carbonyl (C=O) groups is 9. The summed E-state index contributed by atoms with van der Waals surface area (Å²) in [4.78, 5) is 131. The van der Waals surface area contributed by atoms with E-state index in [0.29, 0.717) is 37.2 Å². The molecule has 0 aliphatic heterocycles. The molecule has 0 aliphatic carbocycles. The highest BCUT2D eigenvalue weighted by Crippen LogP contribution is 2.14. The van der Waals surface area contributed by atoms with E-state index >= 15 is 0 Å². The Morgan fingerprint density at radius 3 is 1.63 bits per heavy atom. The summed E-state index contributed by atoms with van der Waals surface area (Å²) in [6, 6.07) is -6.84. The number of carbonyl (C=O) groups excluding carboxylic acids is 9. The standard InChI is InChI=1S/C52H87N17O12/c1-3-4-18-38(48(75)54-2)62-50(77)40(27-36-29-55-34-59-36)65-51(78)41(28-37-30-56-35-60-37)64-49(76)39(21-22-43(53)71)63-52(79)42(32-70)61-46(73)31-58-47(74)33-81-26-25-80-24-23-57-45(72)20-17-15-13-11-9-7-5-6-8-10-12-14-16-19-44-66-68-69-67-44/h29-30,34-35,38-42,70H,3-28,31-33H2,1-2H3,(H2,53,71)(H,54,75)(H,55,59)(H,56,60)(H,57,72)(H,58,74)(H,61,73)(H,62,77)(H,63,79)(H,64,76)(H,65,78)(H,66,67,68,69)/t38-,39-,40-,41-,42-/m0/s1. The second kappa shape index (κ2) is 41.6. The molecule has 9 amide bonds. The molecule has 3 heterocycles. The van der Waals surface area contributed by atoms with Crippen LogP contribution in [0.3, 0.4) is 0 Å². The Bertz CT molecular complexity index is 2270. The van der Waals surface area contributed by atoms with Crippen LogP contribution in [0, 0.1) is 0 Å². The number of aromatic amines is 3. The van der Waals surface area contributed by atoms with Gasteiger partial charge in [0, 0.05) is 58.1 Å². The zero-order chi connectivity index (χ0) is 58.9. The average molecular weight is 1140 g/mol. The van der Waals surface area contributed by atoms with Gasteiger partial charge in [0.2, 0.25) is 53.2 Å². The monoisotopic (exact) mass is 1140 g/mol. The molecule has 0 aromatic carbocycles. The predicted octanol–water partition coefficient (Wildman–Crippen LogP) is -0.981. The van der Waals surface area contributed by atoms with Crippen LogP contribution in [0.1, 0.15) is 146 Å². The number of aryl methyl sites for hydroxylation is 1. The highest BCUT2D eigenvalue weighted by molar-refractivity contribution is 5.97. The van der Waals surface area contributed by atoms with Gasteiger partial charge >= 0.3 is 0 Å². The number of hydrogen-bond donors (Lipinski definition) is 13. The second-order valence-electron chi connectivity index (χ2n) is 19.6. The third-order valence-corrected chi connectivity index (χ3v) is 12.9. The van der Waals surface area contributed by atoms with Crippen LogP contribution in [-0.2, 0) is 71.9 Å². The quantitative estimate of drug-likeness (QED) is 0.0302. The second-order valence-corrected chi connectivity index (χ2v) is 19.6. The van der Waals surface area contributed by atoms with Gasteiger partial charge in [0.1, 0.15) is 42.6 Å². The SMILES string of the molecule is CCCC[C@H](NC(=O)[C@H](Cc1c[nH]cn1)NC(=O)[C@H](Cc1c[nH]cn1)NC(=O)[C@H](CCC(N)=O)NC(=O)[C@H](CO)NC(=O)CNC(=O)COCCOCCNC(=O)CCCCCCCCCCCCCCCc1nnn[nH]1)C(=O)NC. The Morgan fingerprint density at radius 2 is 1.11 bits per heavy atom. The van der Waals surface area contributed by atoms with Crippen LogP contribution < -0.4 is 48.3 Å². The third-order valence-electron chi connectivity index (χ3n) is 12.9. The molecule has 0 saturated carbocycles. The van der Waals surface area contributed by atoms with Crippen LogP contribution in [0.2, 0.25) is 0 Å². The van der Waals surface area contributed by atoms with E-state index in [1.54, 1.807) is 0 Å². The summed E-state index contributed by atoms with van der Waals surface area (Å²) in [5, 5.41) is 44.2. The van der Waals surface area contributed by atoms with Crippen molar-refractivity contribution in [1.82, 2.24) is 83.1 Å². The normalized spacial score (nSPS) is 12.9. The van der Waals surface area contributed by atoms with Crippen LogP contribution in [0.4, 0.5) is 0 Å². The number of aliphatic hydroxyl groups excluding tert-OH is 1. The van der Waals surface area contributed by atoms with Crippen molar-refractivity contribution in [3.05, 3.63) is 42.3 Å². The minimum atomic E-state index is -1.64. The summed E-state index contributed by atoms with van der Waals surface area (Å²) < 4.78 is 10.8. The zero-order valence-electron chi connectivity index (χ0n) is 47.0. The van der Waals surface area contributed by atoms with E-state index in [1.165, 1.54) is 89.9 Å². The number of primary amides is 1. The molecule has 3 rings (SSSR count). The molecule has 0 saturated heterocycles. The summed E-state index contributed by atoms with van der Waals surface area (Å²) in [6.07, 6.45) is 23.0. The highest BCUT2D eigenvalue weighted by Gasteiger charge is 2.33. The van der Waals surface area contributed by atoms with Gasteiger partial charge in [-0.1, -0.05) is 90.4 Å². The van der Waals surface area contributed by atoms with E-state index in [1.807, 2.05) is 6.92 Å². The Morgan fingerprint density at radius 1 is 0.580 bits per heavy atom. The van der Waals surface area contributed by atoms with Crippen molar-refractivity contribution < 1.29 is 57.7 Å². The minimum absolute atomic E-state index is 0.0338. The summed E-state index contributed by atoms with van der Waals surface area (Å²) in [5.74, 6) is -5.58. The van der Waals surface area contributed by atoms with Gasteiger partial charge in [-0.05, 0) is 36.1 Å². The molecule has 452 valence electrons. The van der Waals surface area contributed by atoms with Crippen molar-refractivity contribution in [3.8, 4) is 0 Å². The lowest BCUT2D eigenvalue weighted by Gasteiger charge is -2.26. The van der Waals surface area contributed by atoms with E-state index in [2.05, 4.69) is 83.1 Å². The number of likely N-dealkylation sites (N-methyl/N-ethyl adjacent to an activating group) is 1. The van der Waals surface area contributed by atoms with Gasteiger partial charge in [-0.15, -0.1) is 5.10 Å². The number of unbranched alkanes of at least 4 members (excludes halogenated alkanes) is 13. The summed E-state index contributed by atoms with van der Waals surface area (Å²) in [5.41, 5.74) is 6.10. The molecule has 0 bridgehead atoms. The van der Waals surface area contributed by atoms with E-state index in [0.717, 1.165) is 44.3 Å². The van der Waals surface area contributed by atoms with E-state index in [9.17, 15) is 48.3 Å². The maximum absolute atomic E-state index is 14.1. The van der Waals surface area contributed by atoms with Gasteiger partial charge in [-0.2, -0.15) is 0 Å². The predicted molar refractivity (Wildman–Crippen MR) is 294 cm³/mol. The average Bonchev–Trinajstić information content (AvgIpc) is 4.32. The number of nitrogens with two attached hydrogens (primary N) is 1. The fourth-order valence-electron chi connectivity index (χ4n) is 8.35. The van der Waals surface area contributed by atoms with Crippen molar-refractivity contribution in [2.45, 2.75) is 178 Å². The van der Waals surface area contributed by atoms with Crippen molar-refractivity contribution >= 4 is 53.2 Å². The first-order chi connectivity index (χ1) is 39.2. The molecule has 0 fully saturated rings. The van der Waals surface area contributed by atoms with E-state index < -0.39 is 104 Å². The topological polar surface area (TPSA) is 426 Å². The van der Waals surface area contributed by atoms with Crippen molar-refractivity contribution in [2.75, 3.05) is 53.2 Å². The molecule has 0 spiro atoms. The van der Waals surface area contributed by atoms with Gasteiger partial charge in [-0.25, -0.2) is 15.1 Å². The first-order valence-corrected chi connectivity index (χ1v) is 28.2. The molecule has 29 heteroatoms. The smallest absolute Gasteiger partial charge is 0.246 e. The van der Waals surface area contributed by atoms with Crippen LogP contribution in [0.5, 0.6) is 0 Å². The summed E-state index contributed by atoms with van der Waals surface area (Å²) in [7, 11) is 1.43. The molecule has 0 unspecified atom stereocenters. The molecule has 0 radical (unpaired) electrons. The molecule has 14 N–H and O–H groups in total. The van der Waals surface area contributed by atoms with Crippen LogP contribution in [0.15, 0.2) is 25.0 Å². The van der Waals surface area contributed by atoms with E-state index in [4.69, 9.17) is 15.2 Å². The van der Waals surface area contributed by atoms with Crippen molar-refractivity contribution in [2.24, 2.45) is 5.73 Å². The van der Waals surface area contributed by atoms with Gasteiger partial charge in [0.25, 0.3) is 0 Å². The lowest BCUT2D eigenvalue weighted by atomic mass is 10.0. The fraction of sp³-hybridized carbons (Fsp3) is 0.692. The molecular weight excluding hydrogens is 1050 g/mol. The van der Waals surface area contributed by atoms with Crippen LogP contribution in [-0.4, -0.2) is 182 Å². The lowest BCUT2D eigenvalue weighted by Crippen LogP contribution is -2.60.